The van der Waals surface area contributed by atoms with Gasteiger partial charge in [-0.2, -0.15) is 0 Å². The third-order valence-electron chi connectivity index (χ3n) is 5.48. The van der Waals surface area contributed by atoms with Crippen molar-refractivity contribution in [2.45, 2.75) is 66.0 Å². The van der Waals surface area contributed by atoms with Crippen LogP contribution in [0, 0.1) is 13.8 Å². The largest absolute Gasteiger partial charge is 0.354 e. The lowest BCUT2D eigenvalue weighted by molar-refractivity contribution is -0.140. The van der Waals surface area contributed by atoms with Gasteiger partial charge in [-0.05, 0) is 61.1 Å². The lowest BCUT2D eigenvalue weighted by atomic mass is 10.0. The van der Waals surface area contributed by atoms with E-state index in [0.717, 1.165) is 29.5 Å². The molecule has 4 nitrogen and oxygen atoms in total. The molecule has 2 aromatic rings. The van der Waals surface area contributed by atoms with Crippen molar-refractivity contribution in [1.82, 2.24) is 10.2 Å². The van der Waals surface area contributed by atoms with Gasteiger partial charge < -0.3 is 10.2 Å². The lowest BCUT2D eigenvalue weighted by Gasteiger charge is -2.31. The number of halogens is 2. The lowest BCUT2D eigenvalue weighted by Crippen LogP contribution is -2.49. The van der Waals surface area contributed by atoms with Gasteiger partial charge >= 0.3 is 0 Å². The molecule has 168 valence electrons. The minimum atomic E-state index is -0.551. The van der Waals surface area contributed by atoms with Crippen LogP contribution >= 0.6 is 23.2 Å². The van der Waals surface area contributed by atoms with Gasteiger partial charge in [0.25, 0.3) is 0 Å². The monoisotopic (exact) mass is 462 g/mol. The van der Waals surface area contributed by atoms with Crippen molar-refractivity contribution >= 4 is 35.0 Å². The van der Waals surface area contributed by atoms with Gasteiger partial charge in [0.2, 0.25) is 11.8 Å². The first-order valence-electron chi connectivity index (χ1n) is 10.8. The minimum absolute atomic E-state index is 0.0909. The van der Waals surface area contributed by atoms with Gasteiger partial charge in [-0.15, -0.1) is 0 Å². The summed E-state index contributed by atoms with van der Waals surface area (Å²) < 4.78 is 0. The smallest absolute Gasteiger partial charge is 0.242 e. The Labute approximate surface area is 195 Å². The summed E-state index contributed by atoms with van der Waals surface area (Å²) in [5, 5.41) is 3.87. The van der Waals surface area contributed by atoms with Gasteiger partial charge in [-0.25, -0.2) is 0 Å². The molecular formula is C25H32Cl2N2O2. The molecule has 0 spiro atoms. The maximum atomic E-state index is 13.4. The molecular weight excluding hydrogens is 431 g/mol. The zero-order chi connectivity index (χ0) is 23.0. The molecule has 0 radical (unpaired) electrons. The first-order chi connectivity index (χ1) is 14.8. The van der Waals surface area contributed by atoms with Crippen molar-refractivity contribution in [2.75, 3.05) is 6.54 Å². The fourth-order valence-electron chi connectivity index (χ4n) is 3.45. The zero-order valence-electron chi connectivity index (χ0n) is 18.8. The Hall–Kier alpha value is -2.04. The molecule has 0 fully saturated rings. The van der Waals surface area contributed by atoms with Crippen LogP contribution in [0.2, 0.25) is 10.0 Å². The fraction of sp³-hybridized carbons (Fsp3) is 0.440. The van der Waals surface area contributed by atoms with E-state index in [2.05, 4.69) is 12.2 Å². The quantitative estimate of drug-likeness (QED) is 0.448. The van der Waals surface area contributed by atoms with Crippen LogP contribution in [0.4, 0.5) is 0 Å². The number of carbonyl (C=O) groups is 2. The molecule has 1 atom stereocenters. The summed E-state index contributed by atoms with van der Waals surface area (Å²) in [6.45, 7) is 8.98. The van der Waals surface area contributed by atoms with Crippen LogP contribution in [-0.4, -0.2) is 29.3 Å². The highest BCUT2D eigenvalue weighted by atomic mass is 35.5. The highest BCUT2D eigenvalue weighted by molar-refractivity contribution is 6.42. The minimum Gasteiger partial charge on any atom is -0.354 e. The van der Waals surface area contributed by atoms with Crippen LogP contribution in [0.3, 0.4) is 0 Å². The van der Waals surface area contributed by atoms with E-state index < -0.39 is 6.04 Å². The van der Waals surface area contributed by atoms with Gasteiger partial charge in [0.1, 0.15) is 6.04 Å². The number of aryl methyl sites for hydroxylation is 2. The van der Waals surface area contributed by atoms with E-state index in [-0.39, 0.29) is 18.2 Å². The van der Waals surface area contributed by atoms with E-state index in [9.17, 15) is 9.59 Å². The topological polar surface area (TPSA) is 49.4 Å². The standard InChI is InChI=1S/C25H32Cl2N2O2/c1-5-7-12-28-25(31)23(6-2)29(16-20-10-11-21(26)22(27)14-20)24(30)15-19-9-8-17(3)18(4)13-19/h8-11,13-14,23H,5-7,12,15-16H2,1-4H3,(H,28,31)/t23-/m1/s1. The summed E-state index contributed by atoms with van der Waals surface area (Å²) in [6, 6.07) is 10.8. The molecule has 6 heteroatoms. The highest BCUT2D eigenvalue weighted by Gasteiger charge is 2.28. The SMILES string of the molecule is CCCCNC(=O)[C@@H](CC)N(Cc1ccc(Cl)c(Cl)c1)C(=O)Cc1ccc(C)c(C)c1. The Morgan fingerprint density at radius 1 is 0.968 bits per heavy atom. The van der Waals surface area contributed by atoms with Gasteiger partial charge in [-0.3, -0.25) is 9.59 Å². The average Bonchev–Trinajstić information content (AvgIpc) is 2.73. The van der Waals surface area contributed by atoms with E-state index in [1.54, 1.807) is 17.0 Å². The molecule has 2 aromatic carbocycles. The predicted molar refractivity (Wildman–Crippen MR) is 129 cm³/mol. The average molecular weight is 463 g/mol. The van der Waals surface area contributed by atoms with E-state index in [0.29, 0.717) is 29.6 Å². The summed E-state index contributed by atoms with van der Waals surface area (Å²) in [5.41, 5.74) is 4.10. The highest BCUT2D eigenvalue weighted by Crippen LogP contribution is 2.24. The Kier molecular flexibility index (Phi) is 9.86. The molecule has 0 aromatic heterocycles. The van der Waals surface area contributed by atoms with Crippen molar-refractivity contribution in [3.63, 3.8) is 0 Å². The van der Waals surface area contributed by atoms with Crippen molar-refractivity contribution in [3.05, 3.63) is 68.7 Å². The molecule has 0 saturated heterocycles. The Bertz CT molecular complexity index is 914. The molecule has 0 aliphatic heterocycles. The number of carbonyl (C=O) groups excluding carboxylic acids is 2. The second-order valence-electron chi connectivity index (χ2n) is 7.93. The first-order valence-corrected chi connectivity index (χ1v) is 11.6. The fourth-order valence-corrected chi connectivity index (χ4v) is 3.77. The summed E-state index contributed by atoms with van der Waals surface area (Å²) >= 11 is 12.2. The molecule has 31 heavy (non-hydrogen) atoms. The second-order valence-corrected chi connectivity index (χ2v) is 8.75. The van der Waals surface area contributed by atoms with Crippen LogP contribution in [0.1, 0.15) is 55.4 Å². The molecule has 1 N–H and O–H groups in total. The number of hydrogen-bond acceptors (Lipinski definition) is 2. The molecule has 2 rings (SSSR count). The van der Waals surface area contributed by atoms with Crippen LogP contribution in [0.5, 0.6) is 0 Å². The predicted octanol–water partition coefficient (Wildman–Crippen LogP) is 5.88. The van der Waals surface area contributed by atoms with Crippen LogP contribution in [0.15, 0.2) is 36.4 Å². The van der Waals surface area contributed by atoms with Gasteiger partial charge in [0.15, 0.2) is 0 Å². The summed E-state index contributed by atoms with van der Waals surface area (Å²) in [5.74, 6) is -0.212. The molecule has 2 amide bonds. The summed E-state index contributed by atoms with van der Waals surface area (Å²) in [6.07, 6.45) is 2.67. The van der Waals surface area contributed by atoms with Gasteiger partial charge in [0.05, 0.1) is 16.5 Å². The first kappa shape index (κ1) is 25.2. The van der Waals surface area contributed by atoms with E-state index >= 15 is 0 Å². The second kappa shape index (κ2) is 12.1. The number of nitrogens with zero attached hydrogens (tertiary/aromatic N) is 1. The molecule has 0 saturated carbocycles. The number of benzene rings is 2. The summed E-state index contributed by atoms with van der Waals surface area (Å²) in [4.78, 5) is 28.0. The molecule has 0 bridgehead atoms. The van der Waals surface area contributed by atoms with Gasteiger partial charge in [-0.1, -0.05) is 67.7 Å². The summed E-state index contributed by atoms with van der Waals surface area (Å²) in [7, 11) is 0. The van der Waals surface area contributed by atoms with Crippen LogP contribution in [-0.2, 0) is 22.6 Å². The Morgan fingerprint density at radius 2 is 1.68 bits per heavy atom. The van der Waals surface area contributed by atoms with Crippen molar-refractivity contribution < 1.29 is 9.59 Å². The van der Waals surface area contributed by atoms with Gasteiger partial charge in [0, 0.05) is 13.1 Å². The van der Waals surface area contributed by atoms with Crippen LogP contribution < -0.4 is 5.32 Å². The zero-order valence-corrected chi connectivity index (χ0v) is 20.3. The molecule has 0 unspecified atom stereocenters. The number of nitrogens with one attached hydrogen (secondary N) is 1. The normalized spacial score (nSPS) is 11.8. The number of hydrogen-bond donors (Lipinski definition) is 1. The van der Waals surface area contributed by atoms with Crippen molar-refractivity contribution in [3.8, 4) is 0 Å². The number of rotatable bonds is 10. The molecule has 0 heterocycles. The van der Waals surface area contributed by atoms with E-state index in [1.807, 2.05) is 45.0 Å². The van der Waals surface area contributed by atoms with Crippen LogP contribution in [0.25, 0.3) is 0 Å². The Balaban J connectivity index is 2.29. The van der Waals surface area contributed by atoms with Crippen molar-refractivity contribution in [1.29, 1.82) is 0 Å². The maximum Gasteiger partial charge on any atom is 0.242 e. The Morgan fingerprint density at radius 3 is 2.29 bits per heavy atom. The third-order valence-corrected chi connectivity index (χ3v) is 6.22. The molecule has 0 aliphatic rings. The van der Waals surface area contributed by atoms with E-state index in [1.165, 1.54) is 5.56 Å². The van der Waals surface area contributed by atoms with Crippen molar-refractivity contribution in [2.24, 2.45) is 0 Å². The number of unbranched alkanes of at least 4 members (excludes halogenated alkanes) is 1. The maximum absolute atomic E-state index is 13.4. The molecule has 0 aliphatic carbocycles. The number of amides is 2. The third kappa shape index (κ3) is 7.26. The van der Waals surface area contributed by atoms with E-state index in [4.69, 9.17) is 23.2 Å².